The maximum atomic E-state index is 12.0. The molecule has 0 aromatic carbocycles. The summed E-state index contributed by atoms with van der Waals surface area (Å²) in [4.78, 5) is 34.6. The lowest BCUT2D eigenvalue weighted by molar-refractivity contribution is -0.122. The summed E-state index contributed by atoms with van der Waals surface area (Å²) in [5.74, 6) is 1.73. The minimum atomic E-state index is -0.307. The molecule has 1 N–H and O–H groups in total. The van der Waals surface area contributed by atoms with E-state index in [-0.39, 0.29) is 24.6 Å². The second-order valence-electron chi connectivity index (χ2n) is 6.47. The van der Waals surface area contributed by atoms with Gasteiger partial charge in [-0.3, -0.25) is 9.59 Å². The van der Waals surface area contributed by atoms with Crippen molar-refractivity contribution < 1.29 is 9.53 Å². The molecule has 2 aromatic rings. The van der Waals surface area contributed by atoms with Crippen LogP contribution in [0.3, 0.4) is 0 Å². The van der Waals surface area contributed by atoms with Crippen molar-refractivity contribution in [1.82, 2.24) is 25.1 Å². The van der Waals surface area contributed by atoms with Crippen LogP contribution in [0.25, 0.3) is 0 Å². The Morgan fingerprint density at radius 2 is 2.00 bits per heavy atom. The highest BCUT2D eigenvalue weighted by Gasteiger charge is 2.15. The Labute approximate surface area is 157 Å². The number of carbonyl (C=O) groups is 1. The molecule has 1 aliphatic heterocycles. The fourth-order valence-corrected chi connectivity index (χ4v) is 2.91. The van der Waals surface area contributed by atoms with Gasteiger partial charge >= 0.3 is 0 Å². The summed E-state index contributed by atoms with van der Waals surface area (Å²) in [6, 6.07) is 4.84. The number of amides is 1. The smallest absolute Gasteiger partial charge is 0.267 e. The van der Waals surface area contributed by atoms with Gasteiger partial charge < -0.3 is 15.0 Å². The number of rotatable bonds is 7. The molecule has 3 rings (SSSR count). The number of nitrogens with one attached hydrogen (secondary N) is 1. The topological polar surface area (TPSA) is 102 Å². The lowest BCUT2D eigenvalue weighted by atomic mass is 10.4. The average Bonchev–Trinajstić information content (AvgIpc) is 3.16. The number of aromatic nitrogens is 4. The van der Waals surface area contributed by atoms with E-state index in [1.54, 1.807) is 13.0 Å². The molecule has 144 valence electrons. The molecule has 0 spiro atoms. The van der Waals surface area contributed by atoms with Crippen LogP contribution in [-0.2, 0) is 11.3 Å². The summed E-state index contributed by atoms with van der Waals surface area (Å²) in [6.45, 7) is 6.06. The lowest BCUT2D eigenvalue weighted by Crippen LogP contribution is -2.35. The van der Waals surface area contributed by atoms with Crippen molar-refractivity contribution in [1.29, 1.82) is 0 Å². The minimum absolute atomic E-state index is 0.119. The van der Waals surface area contributed by atoms with Gasteiger partial charge in [0.05, 0.1) is 12.2 Å². The Hall–Kier alpha value is -2.97. The standard InChI is InChI=1S/C18H24N6O3/c1-13-5-6-18(26)24(22-13)12-16(25)19-7-10-27-17-11-15(20-14(2)21-17)23-8-3-4-9-23/h5-6,11H,3-4,7-10,12H2,1-2H3,(H,19,25). The van der Waals surface area contributed by atoms with Gasteiger partial charge in [0, 0.05) is 25.2 Å². The molecule has 9 nitrogen and oxygen atoms in total. The van der Waals surface area contributed by atoms with Crippen molar-refractivity contribution in [3.8, 4) is 5.88 Å². The number of hydrogen-bond donors (Lipinski definition) is 1. The van der Waals surface area contributed by atoms with Crippen molar-refractivity contribution in [2.75, 3.05) is 31.1 Å². The zero-order valence-corrected chi connectivity index (χ0v) is 15.6. The Balaban J connectivity index is 1.47. The molecule has 0 saturated carbocycles. The van der Waals surface area contributed by atoms with Gasteiger partial charge in [-0.2, -0.15) is 10.1 Å². The van der Waals surface area contributed by atoms with Gasteiger partial charge in [-0.05, 0) is 32.8 Å². The van der Waals surface area contributed by atoms with Gasteiger partial charge in [0.15, 0.2) is 0 Å². The van der Waals surface area contributed by atoms with E-state index in [1.807, 2.05) is 13.0 Å². The summed E-state index contributed by atoms with van der Waals surface area (Å²) < 4.78 is 6.79. The zero-order valence-electron chi connectivity index (χ0n) is 15.6. The van der Waals surface area contributed by atoms with Crippen LogP contribution >= 0.6 is 0 Å². The molecule has 0 bridgehead atoms. The number of hydrogen-bond acceptors (Lipinski definition) is 7. The molecular weight excluding hydrogens is 348 g/mol. The molecular formula is C18H24N6O3. The second-order valence-corrected chi connectivity index (χ2v) is 6.47. The zero-order chi connectivity index (χ0) is 19.2. The van der Waals surface area contributed by atoms with Crippen LogP contribution in [0.4, 0.5) is 5.82 Å². The first-order valence-electron chi connectivity index (χ1n) is 9.06. The summed E-state index contributed by atoms with van der Waals surface area (Å²) >= 11 is 0. The van der Waals surface area contributed by atoms with Gasteiger partial charge in [0.25, 0.3) is 5.56 Å². The Bertz CT molecular complexity index is 860. The molecule has 27 heavy (non-hydrogen) atoms. The van der Waals surface area contributed by atoms with Gasteiger partial charge in [-0.15, -0.1) is 0 Å². The van der Waals surface area contributed by atoms with Crippen molar-refractivity contribution >= 4 is 11.7 Å². The van der Waals surface area contributed by atoms with Crippen LogP contribution in [0.2, 0.25) is 0 Å². The van der Waals surface area contributed by atoms with Gasteiger partial charge in [0.1, 0.15) is 24.8 Å². The van der Waals surface area contributed by atoms with Crippen molar-refractivity contribution in [2.24, 2.45) is 0 Å². The van der Waals surface area contributed by atoms with Crippen LogP contribution in [0.5, 0.6) is 5.88 Å². The highest BCUT2D eigenvalue weighted by Crippen LogP contribution is 2.21. The molecule has 1 fully saturated rings. The van der Waals surface area contributed by atoms with E-state index in [0.29, 0.717) is 23.9 Å². The monoisotopic (exact) mass is 372 g/mol. The van der Waals surface area contributed by atoms with E-state index in [1.165, 1.54) is 18.9 Å². The summed E-state index contributed by atoms with van der Waals surface area (Å²) in [6.07, 6.45) is 2.34. The molecule has 0 aliphatic carbocycles. The van der Waals surface area contributed by atoms with Crippen LogP contribution < -0.4 is 20.5 Å². The first kappa shape index (κ1) is 18.8. The fourth-order valence-electron chi connectivity index (χ4n) is 2.91. The first-order chi connectivity index (χ1) is 13.0. The predicted molar refractivity (Wildman–Crippen MR) is 100.0 cm³/mol. The highest BCUT2D eigenvalue weighted by atomic mass is 16.5. The van der Waals surface area contributed by atoms with Crippen molar-refractivity contribution in [3.05, 3.63) is 40.1 Å². The van der Waals surface area contributed by atoms with Crippen molar-refractivity contribution in [3.63, 3.8) is 0 Å². The number of carbonyl (C=O) groups excluding carboxylic acids is 1. The molecule has 0 atom stereocenters. The molecule has 0 unspecified atom stereocenters. The molecule has 1 amide bonds. The van der Waals surface area contributed by atoms with Gasteiger partial charge in [-0.1, -0.05) is 0 Å². The third-order valence-corrected chi connectivity index (χ3v) is 4.20. The average molecular weight is 372 g/mol. The van der Waals surface area contributed by atoms with Crippen LogP contribution in [-0.4, -0.2) is 51.9 Å². The summed E-state index contributed by atoms with van der Waals surface area (Å²) in [5, 5.41) is 6.75. The molecule has 3 heterocycles. The predicted octanol–water partition coefficient (Wildman–Crippen LogP) is 0.446. The first-order valence-corrected chi connectivity index (χ1v) is 9.06. The third-order valence-electron chi connectivity index (χ3n) is 4.20. The van der Waals surface area contributed by atoms with Gasteiger partial charge in [0.2, 0.25) is 11.8 Å². The lowest BCUT2D eigenvalue weighted by Gasteiger charge is -2.17. The van der Waals surface area contributed by atoms with E-state index in [9.17, 15) is 9.59 Å². The number of nitrogens with zero attached hydrogens (tertiary/aromatic N) is 5. The highest BCUT2D eigenvalue weighted by molar-refractivity contribution is 5.75. The van der Waals surface area contributed by atoms with Crippen LogP contribution in [0.15, 0.2) is 23.0 Å². The maximum absolute atomic E-state index is 12.0. The van der Waals surface area contributed by atoms with E-state index >= 15 is 0 Å². The van der Waals surface area contributed by atoms with E-state index in [0.717, 1.165) is 23.6 Å². The molecule has 1 saturated heterocycles. The number of aryl methyl sites for hydroxylation is 2. The summed E-state index contributed by atoms with van der Waals surface area (Å²) in [5.41, 5.74) is 0.372. The second kappa shape index (κ2) is 8.61. The van der Waals surface area contributed by atoms with Crippen LogP contribution in [0.1, 0.15) is 24.4 Å². The molecule has 0 radical (unpaired) electrons. The number of anilines is 1. The quantitative estimate of drug-likeness (QED) is 0.704. The summed E-state index contributed by atoms with van der Waals surface area (Å²) in [7, 11) is 0. The van der Waals surface area contributed by atoms with E-state index < -0.39 is 0 Å². The van der Waals surface area contributed by atoms with Gasteiger partial charge in [-0.25, -0.2) is 9.67 Å². The van der Waals surface area contributed by atoms with E-state index in [2.05, 4.69) is 25.3 Å². The minimum Gasteiger partial charge on any atom is -0.476 e. The maximum Gasteiger partial charge on any atom is 0.267 e. The third kappa shape index (κ3) is 5.25. The van der Waals surface area contributed by atoms with Crippen molar-refractivity contribution in [2.45, 2.75) is 33.2 Å². The van der Waals surface area contributed by atoms with Crippen LogP contribution in [0, 0.1) is 13.8 Å². The molecule has 9 heteroatoms. The Morgan fingerprint density at radius 1 is 1.22 bits per heavy atom. The SMILES string of the molecule is Cc1ccc(=O)n(CC(=O)NCCOc2cc(N3CCCC3)nc(C)n2)n1. The number of ether oxygens (including phenoxy) is 1. The Morgan fingerprint density at radius 3 is 2.78 bits per heavy atom. The Kier molecular flexibility index (Phi) is 6.00. The largest absolute Gasteiger partial charge is 0.476 e. The fraction of sp³-hybridized carbons (Fsp3) is 0.500. The normalized spacial score (nSPS) is 13.6. The molecule has 1 aliphatic rings. The molecule has 2 aromatic heterocycles. The van der Waals surface area contributed by atoms with E-state index in [4.69, 9.17) is 4.74 Å².